The number of nitrogens with zero attached hydrogens (tertiary/aromatic N) is 3. The maximum Gasteiger partial charge on any atom is 0.246 e. The Morgan fingerprint density at radius 3 is 2.42 bits per heavy atom. The van der Waals surface area contributed by atoms with Crippen LogP contribution in [-0.2, 0) is 21.8 Å². The average Bonchev–Trinajstić information content (AvgIpc) is 2.80. The van der Waals surface area contributed by atoms with Gasteiger partial charge in [0, 0.05) is 38.6 Å². The third-order valence-corrected chi connectivity index (χ3v) is 7.96. The summed E-state index contributed by atoms with van der Waals surface area (Å²) in [5.41, 5.74) is 0.913. The normalized spacial score (nSPS) is 27.4. The highest BCUT2D eigenvalue weighted by Gasteiger charge is 2.57. The van der Waals surface area contributed by atoms with Crippen LogP contribution in [0.4, 0.5) is 0 Å². The zero-order chi connectivity index (χ0) is 17.7. The van der Waals surface area contributed by atoms with Crippen molar-refractivity contribution in [3.05, 3.63) is 11.4 Å². The standard InChI is InChI=1S/C16H27N3O4S/c1-5-23-14-10-13(20)16(14)6-8-19(9-7-16)24(21,22)15-11(2)17-18(4)12(15)3/h13-14,20H,5-10H2,1-4H3. The lowest BCUT2D eigenvalue weighted by Gasteiger charge is -2.56. The van der Waals surface area contributed by atoms with Gasteiger partial charge in [-0.2, -0.15) is 9.40 Å². The van der Waals surface area contributed by atoms with E-state index in [9.17, 15) is 13.5 Å². The molecule has 1 N–H and O–H groups in total. The Kier molecular flexibility index (Phi) is 4.53. The number of aromatic nitrogens is 2. The van der Waals surface area contributed by atoms with Gasteiger partial charge in [0.05, 0.1) is 23.6 Å². The van der Waals surface area contributed by atoms with E-state index in [1.54, 1.807) is 25.6 Å². The average molecular weight is 357 g/mol. The van der Waals surface area contributed by atoms with Gasteiger partial charge < -0.3 is 9.84 Å². The summed E-state index contributed by atoms with van der Waals surface area (Å²) in [6.45, 7) is 6.90. The van der Waals surface area contributed by atoms with Gasteiger partial charge in [0.1, 0.15) is 4.90 Å². The molecule has 8 heteroatoms. The van der Waals surface area contributed by atoms with E-state index >= 15 is 0 Å². The number of rotatable bonds is 4. The zero-order valence-corrected chi connectivity index (χ0v) is 15.6. The molecule has 1 saturated heterocycles. The number of hydrogen-bond donors (Lipinski definition) is 1. The molecule has 2 fully saturated rings. The van der Waals surface area contributed by atoms with Crippen LogP contribution in [0.5, 0.6) is 0 Å². The highest BCUT2D eigenvalue weighted by molar-refractivity contribution is 7.89. The lowest BCUT2D eigenvalue weighted by Crippen LogP contribution is -2.62. The van der Waals surface area contributed by atoms with Gasteiger partial charge in [-0.15, -0.1) is 0 Å². The predicted molar refractivity (Wildman–Crippen MR) is 89.1 cm³/mol. The fourth-order valence-corrected chi connectivity index (χ4v) is 6.06. The Morgan fingerprint density at radius 1 is 1.33 bits per heavy atom. The first-order chi connectivity index (χ1) is 11.2. The van der Waals surface area contributed by atoms with Crippen LogP contribution in [-0.4, -0.2) is 59.5 Å². The van der Waals surface area contributed by atoms with Crippen molar-refractivity contribution in [3.8, 4) is 0 Å². The predicted octanol–water partition coefficient (Wildman–Crippen LogP) is 0.978. The maximum atomic E-state index is 13.0. The van der Waals surface area contributed by atoms with Gasteiger partial charge in [0.15, 0.2) is 0 Å². The van der Waals surface area contributed by atoms with Crippen molar-refractivity contribution < 1.29 is 18.3 Å². The maximum absolute atomic E-state index is 13.0. The van der Waals surface area contributed by atoms with Crippen molar-refractivity contribution in [2.45, 2.75) is 57.1 Å². The highest BCUT2D eigenvalue weighted by Crippen LogP contribution is 2.51. The van der Waals surface area contributed by atoms with Crippen molar-refractivity contribution in [3.63, 3.8) is 0 Å². The fraction of sp³-hybridized carbons (Fsp3) is 0.812. The molecule has 2 unspecified atom stereocenters. The van der Waals surface area contributed by atoms with Crippen LogP contribution in [0.2, 0.25) is 0 Å². The summed E-state index contributed by atoms with van der Waals surface area (Å²) in [6.07, 6.45) is 1.58. The van der Waals surface area contributed by atoms with Crippen LogP contribution in [0.1, 0.15) is 37.6 Å². The van der Waals surface area contributed by atoms with E-state index in [1.165, 1.54) is 4.31 Å². The summed E-state index contributed by atoms with van der Waals surface area (Å²) in [6, 6.07) is 0. The molecule has 0 amide bonds. The van der Waals surface area contributed by atoms with Crippen LogP contribution in [0.15, 0.2) is 4.90 Å². The molecular weight excluding hydrogens is 330 g/mol. The molecule has 2 atom stereocenters. The molecular formula is C16H27N3O4S. The molecule has 1 saturated carbocycles. The lowest BCUT2D eigenvalue weighted by atomic mass is 9.58. The third kappa shape index (κ3) is 2.51. The summed E-state index contributed by atoms with van der Waals surface area (Å²) in [4.78, 5) is 0.316. The van der Waals surface area contributed by atoms with Gasteiger partial charge in [-0.05, 0) is 33.6 Å². The molecule has 24 heavy (non-hydrogen) atoms. The van der Waals surface area contributed by atoms with Gasteiger partial charge in [-0.25, -0.2) is 8.42 Å². The Bertz CT molecular complexity index is 718. The van der Waals surface area contributed by atoms with Gasteiger partial charge in [-0.3, -0.25) is 4.68 Å². The fourth-order valence-electron chi connectivity index (χ4n) is 4.22. The number of aryl methyl sites for hydroxylation is 2. The van der Waals surface area contributed by atoms with E-state index in [4.69, 9.17) is 4.74 Å². The number of piperidine rings is 1. The second-order valence-corrected chi connectivity index (χ2v) is 8.83. The van der Waals surface area contributed by atoms with Crippen LogP contribution in [0, 0.1) is 19.3 Å². The summed E-state index contributed by atoms with van der Waals surface area (Å²) in [7, 11) is -1.80. The molecule has 1 spiro atoms. The zero-order valence-electron chi connectivity index (χ0n) is 14.8. The minimum absolute atomic E-state index is 0.0456. The lowest BCUT2D eigenvalue weighted by molar-refractivity contribution is -0.205. The highest BCUT2D eigenvalue weighted by atomic mass is 32.2. The molecule has 0 aromatic carbocycles. The van der Waals surface area contributed by atoms with E-state index in [0.717, 1.165) is 0 Å². The number of sulfonamides is 1. The first-order valence-electron chi connectivity index (χ1n) is 8.54. The van der Waals surface area contributed by atoms with Crippen molar-refractivity contribution in [1.82, 2.24) is 14.1 Å². The van der Waals surface area contributed by atoms with Crippen molar-refractivity contribution in [2.24, 2.45) is 12.5 Å². The number of hydrogen-bond acceptors (Lipinski definition) is 5. The van der Waals surface area contributed by atoms with E-state index < -0.39 is 10.0 Å². The molecule has 136 valence electrons. The van der Waals surface area contributed by atoms with Crippen molar-refractivity contribution in [2.75, 3.05) is 19.7 Å². The van der Waals surface area contributed by atoms with Crippen LogP contribution >= 0.6 is 0 Å². The van der Waals surface area contributed by atoms with E-state index in [-0.39, 0.29) is 17.6 Å². The smallest absolute Gasteiger partial charge is 0.246 e. The summed E-state index contributed by atoms with van der Waals surface area (Å²) in [5.74, 6) is 0. The molecule has 0 bridgehead atoms. The molecule has 1 aromatic heterocycles. The minimum Gasteiger partial charge on any atom is -0.392 e. The van der Waals surface area contributed by atoms with E-state index in [1.807, 2.05) is 6.92 Å². The second-order valence-electron chi connectivity index (χ2n) is 6.96. The Hall–Kier alpha value is -0.960. The van der Waals surface area contributed by atoms with E-state index in [2.05, 4.69) is 5.10 Å². The monoisotopic (exact) mass is 357 g/mol. The van der Waals surface area contributed by atoms with Gasteiger partial charge in [0.25, 0.3) is 0 Å². The molecule has 7 nitrogen and oxygen atoms in total. The minimum atomic E-state index is -3.56. The van der Waals surface area contributed by atoms with Crippen molar-refractivity contribution in [1.29, 1.82) is 0 Å². The quantitative estimate of drug-likeness (QED) is 0.868. The molecule has 2 heterocycles. The summed E-state index contributed by atoms with van der Waals surface area (Å²) < 4.78 is 34.9. The van der Waals surface area contributed by atoms with Gasteiger partial charge in [-0.1, -0.05) is 0 Å². The summed E-state index contributed by atoms with van der Waals surface area (Å²) in [5, 5.41) is 14.5. The number of aliphatic hydroxyl groups excluding tert-OH is 1. The second kappa shape index (κ2) is 6.09. The van der Waals surface area contributed by atoms with E-state index in [0.29, 0.717) is 55.2 Å². The van der Waals surface area contributed by atoms with Gasteiger partial charge in [0.2, 0.25) is 10.0 Å². The molecule has 1 aliphatic heterocycles. The topological polar surface area (TPSA) is 84.7 Å². The van der Waals surface area contributed by atoms with Gasteiger partial charge >= 0.3 is 0 Å². The molecule has 0 radical (unpaired) electrons. The number of aliphatic hydroxyl groups is 1. The third-order valence-electron chi connectivity index (χ3n) is 5.80. The number of ether oxygens (including phenoxy) is 1. The Labute approximate surface area is 143 Å². The first kappa shape index (κ1) is 17.8. The SMILES string of the molecule is CCOC1CC(O)C12CCN(S(=O)(=O)c1c(C)nn(C)c1C)CC2. The Balaban J connectivity index is 1.79. The van der Waals surface area contributed by atoms with Crippen LogP contribution < -0.4 is 0 Å². The molecule has 1 aromatic rings. The largest absolute Gasteiger partial charge is 0.392 e. The first-order valence-corrected chi connectivity index (χ1v) is 9.98. The molecule has 3 rings (SSSR count). The summed E-state index contributed by atoms with van der Waals surface area (Å²) >= 11 is 0. The molecule has 1 aliphatic carbocycles. The van der Waals surface area contributed by atoms with Crippen LogP contribution in [0.25, 0.3) is 0 Å². The van der Waals surface area contributed by atoms with Crippen LogP contribution in [0.3, 0.4) is 0 Å². The Morgan fingerprint density at radius 2 is 1.96 bits per heavy atom. The van der Waals surface area contributed by atoms with Crippen molar-refractivity contribution >= 4 is 10.0 Å². The molecule has 2 aliphatic rings.